The average molecular weight is 209 g/mol. The van der Waals surface area contributed by atoms with Crippen LogP contribution in [0.5, 0.6) is 11.5 Å². The first kappa shape index (κ1) is 11.9. The molecule has 0 fully saturated rings. The van der Waals surface area contributed by atoms with Crippen LogP contribution in [-0.4, -0.2) is 12.2 Å². The van der Waals surface area contributed by atoms with Crippen LogP contribution < -0.4 is 10.5 Å². The fraction of sp³-hybridized carbons (Fsp3) is 0.500. The number of benzene rings is 1. The molecule has 84 valence electrons. The summed E-state index contributed by atoms with van der Waals surface area (Å²) in [6, 6.07) is 3.58. The van der Waals surface area contributed by atoms with E-state index < -0.39 is 0 Å². The van der Waals surface area contributed by atoms with E-state index >= 15 is 0 Å². The van der Waals surface area contributed by atoms with Gasteiger partial charge in [0.25, 0.3) is 0 Å². The fourth-order valence-electron chi connectivity index (χ4n) is 1.55. The summed E-state index contributed by atoms with van der Waals surface area (Å²) >= 11 is 0. The highest BCUT2D eigenvalue weighted by atomic mass is 16.5. The van der Waals surface area contributed by atoms with E-state index in [4.69, 9.17) is 10.5 Å². The van der Waals surface area contributed by atoms with Crippen LogP contribution >= 0.6 is 0 Å². The van der Waals surface area contributed by atoms with Crippen LogP contribution in [-0.2, 0) is 0 Å². The van der Waals surface area contributed by atoms with Crippen molar-refractivity contribution in [2.75, 3.05) is 7.11 Å². The van der Waals surface area contributed by atoms with Crippen molar-refractivity contribution in [1.82, 2.24) is 0 Å². The van der Waals surface area contributed by atoms with E-state index in [9.17, 15) is 5.11 Å². The van der Waals surface area contributed by atoms with Gasteiger partial charge in [-0.15, -0.1) is 0 Å². The molecule has 15 heavy (non-hydrogen) atoms. The smallest absolute Gasteiger partial charge is 0.165 e. The third kappa shape index (κ3) is 2.42. The number of phenolic OH excluding ortho intramolecular Hbond substituents is 1. The van der Waals surface area contributed by atoms with Gasteiger partial charge in [0.2, 0.25) is 0 Å². The summed E-state index contributed by atoms with van der Waals surface area (Å²) in [5, 5.41) is 9.79. The van der Waals surface area contributed by atoms with Gasteiger partial charge < -0.3 is 15.6 Å². The van der Waals surface area contributed by atoms with Crippen molar-refractivity contribution in [3.8, 4) is 11.5 Å². The molecule has 1 aromatic rings. The van der Waals surface area contributed by atoms with E-state index in [-0.39, 0.29) is 11.8 Å². The predicted octanol–water partition coefficient (Wildman–Crippen LogP) is 2.54. The number of nitrogens with two attached hydrogens (primary N) is 1. The van der Waals surface area contributed by atoms with Gasteiger partial charge >= 0.3 is 0 Å². The molecular formula is C12H19NO2. The molecule has 0 bridgehead atoms. The quantitative estimate of drug-likeness (QED) is 0.804. The molecule has 1 atom stereocenters. The molecule has 0 heterocycles. The maximum absolute atomic E-state index is 9.79. The normalized spacial score (nSPS) is 12.9. The summed E-state index contributed by atoms with van der Waals surface area (Å²) in [6.45, 7) is 6.03. The average Bonchev–Trinajstić information content (AvgIpc) is 2.16. The number of ether oxygens (including phenoxy) is 1. The SMILES string of the molecule is COc1c(O)cc(C(C)C)cc1C(C)N. The van der Waals surface area contributed by atoms with Crippen LogP contribution in [0.1, 0.15) is 43.9 Å². The Morgan fingerprint density at radius 2 is 1.87 bits per heavy atom. The predicted molar refractivity (Wildman–Crippen MR) is 61.4 cm³/mol. The first-order valence-corrected chi connectivity index (χ1v) is 5.13. The fourth-order valence-corrected chi connectivity index (χ4v) is 1.55. The lowest BCUT2D eigenvalue weighted by atomic mass is 9.97. The van der Waals surface area contributed by atoms with Crippen molar-refractivity contribution in [2.24, 2.45) is 5.73 Å². The van der Waals surface area contributed by atoms with Gasteiger partial charge in [0.05, 0.1) is 7.11 Å². The molecule has 1 rings (SSSR count). The van der Waals surface area contributed by atoms with Crippen LogP contribution in [0.4, 0.5) is 0 Å². The highest BCUT2D eigenvalue weighted by Gasteiger charge is 2.15. The Morgan fingerprint density at radius 1 is 1.27 bits per heavy atom. The number of methoxy groups -OCH3 is 1. The summed E-state index contributed by atoms with van der Waals surface area (Å²) in [7, 11) is 1.54. The summed E-state index contributed by atoms with van der Waals surface area (Å²) in [5.74, 6) is 1.00. The molecule has 3 N–H and O–H groups in total. The number of aromatic hydroxyl groups is 1. The Bertz CT molecular complexity index is 346. The monoisotopic (exact) mass is 209 g/mol. The number of rotatable bonds is 3. The Balaban J connectivity index is 3.32. The maximum Gasteiger partial charge on any atom is 0.165 e. The van der Waals surface area contributed by atoms with Crippen molar-refractivity contribution < 1.29 is 9.84 Å². The maximum atomic E-state index is 9.79. The second kappa shape index (κ2) is 4.53. The topological polar surface area (TPSA) is 55.5 Å². The molecule has 0 saturated carbocycles. The molecule has 0 aliphatic heterocycles. The minimum absolute atomic E-state index is 0.149. The summed E-state index contributed by atoms with van der Waals surface area (Å²) in [6.07, 6.45) is 0. The molecular weight excluding hydrogens is 190 g/mol. The van der Waals surface area contributed by atoms with Crippen LogP contribution in [0.25, 0.3) is 0 Å². The Morgan fingerprint density at radius 3 is 2.27 bits per heavy atom. The molecule has 0 aliphatic rings. The lowest BCUT2D eigenvalue weighted by Crippen LogP contribution is -2.08. The van der Waals surface area contributed by atoms with E-state index in [1.54, 1.807) is 6.07 Å². The van der Waals surface area contributed by atoms with Crippen molar-refractivity contribution >= 4 is 0 Å². The lowest BCUT2D eigenvalue weighted by molar-refractivity contribution is 0.366. The Hall–Kier alpha value is -1.22. The summed E-state index contributed by atoms with van der Waals surface area (Å²) in [4.78, 5) is 0. The van der Waals surface area contributed by atoms with Gasteiger partial charge in [-0.3, -0.25) is 0 Å². The van der Waals surface area contributed by atoms with Crippen LogP contribution in [0.15, 0.2) is 12.1 Å². The Kier molecular flexibility index (Phi) is 3.58. The number of hydrogen-bond donors (Lipinski definition) is 2. The molecule has 0 aromatic heterocycles. The molecule has 0 amide bonds. The third-order valence-electron chi connectivity index (χ3n) is 2.48. The Labute approximate surface area is 90.9 Å². The summed E-state index contributed by atoms with van der Waals surface area (Å²) < 4.78 is 5.14. The van der Waals surface area contributed by atoms with Crippen molar-refractivity contribution in [2.45, 2.75) is 32.7 Å². The highest BCUT2D eigenvalue weighted by molar-refractivity contribution is 5.50. The largest absolute Gasteiger partial charge is 0.504 e. The van der Waals surface area contributed by atoms with Gasteiger partial charge in [-0.05, 0) is 24.5 Å². The van der Waals surface area contributed by atoms with Crippen LogP contribution in [0.3, 0.4) is 0 Å². The molecule has 1 unspecified atom stereocenters. The third-order valence-corrected chi connectivity index (χ3v) is 2.48. The molecule has 0 saturated heterocycles. The molecule has 0 aliphatic carbocycles. The van der Waals surface area contributed by atoms with Gasteiger partial charge in [-0.1, -0.05) is 19.9 Å². The number of hydrogen-bond acceptors (Lipinski definition) is 3. The first-order valence-electron chi connectivity index (χ1n) is 5.13. The molecule has 3 heteroatoms. The minimum atomic E-state index is -0.149. The van der Waals surface area contributed by atoms with Gasteiger partial charge in [-0.2, -0.15) is 0 Å². The zero-order chi connectivity index (χ0) is 11.6. The summed E-state index contributed by atoms with van der Waals surface area (Å²) in [5.41, 5.74) is 7.76. The van der Waals surface area contributed by atoms with Crippen LogP contribution in [0.2, 0.25) is 0 Å². The molecule has 1 aromatic carbocycles. The van der Waals surface area contributed by atoms with Crippen molar-refractivity contribution in [3.05, 3.63) is 23.3 Å². The highest BCUT2D eigenvalue weighted by Crippen LogP contribution is 2.36. The second-order valence-corrected chi connectivity index (χ2v) is 4.11. The van der Waals surface area contributed by atoms with Gasteiger partial charge in [0.15, 0.2) is 11.5 Å². The van der Waals surface area contributed by atoms with Gasteiger partial charge in [-0.25, -0.2) is 0 Å². The molecule has 3 nitrogen and oxygen atoms in total. The van der Waals surface area contributed by atoms with E-state index in [0.717, 1.165) is 11.1 Å². The van der Waals surface area contributed by atoms with E-state index in [2.05, 4.69) is 13.8 Å². The minimum Gasteiger partial charge on any atom is -0.504 e. The van der Waals surface area contributed by atoms with Gasteiger partial charge in [0.1, 0.15) is 0 Å². The zero-order valence-electron chi connectivity index (χ0n) is 9.74. The van der Waals surface area contributed by atoms with Crippen LogP contribution in [0, 0.1) is 0 Å². The molecule has 0 spiro atoms. The van der Waals surface area contributed by atoms with Crippen molar-refractivity contribution in [3.63, 3.8) is 0 Å². The van der Waals surface area contributed by atoms with E-state index in [1.807, 2.05) is 13.0 Å². The molecule has 0 radical (unpaired) electrons. The first-order chi connectivity index (χ1) is 6.97. The second-order valence-electron chi connectivity index (χ2n) is 4.11. The standard InChI is InChI=1S/C12H19NO2/c1-7(2)9-5-10(8(3)13)12(15-4)11(14)6-9/h5-8,14H,13H2,1-4H3. The zero-order valence-corrected chi connectivity index (χ0v) is 9.74. The number of phenols is 1. The van der Waals surface area contributed by atoms with E-state index in [1.165, 1.54) is 7.11 Å². The van der Waals surface area contributed by atoms with Gasteiger partial charge in [0, 0.05) is 11.6 Å². The van der Waals surface area contributed by atoms with Crippen molar-refractivity contribution in [1.29, 1.82) is 0 Å². The van der Waals surface area contributed by atoms with E-state index in [0.29, 0.717) is 11.7 Å². The lowest BCUT2D eigenvalue weighted by Gasteiger charge is -2.16.